The second kappa shape index (κ2) is 3.77. The number of hydrogen-bond acceptors (Lipinski definition) is 1. The number of aliphatic carboxylic acids is 1. The Morgan fingerprint density at radius 2 is 2.20 bits per heavy atom. The highest BCUT2D eigenvalue weighted by Crippen LogP contribution is 2.23. The minimum absolute atomic E-state index is 0.0231. The predicted molar refractivity (Wildman–Crippen MR) is 59.0 cm³/mol. The summed E-state index contributed by atoms with van der Waals surface area (Å²) in [6.07, 6.45) is 0.160. The predicted octanol–water partition coefficient (Wildman–Crippen LogP) is 2.75. The summed E-state index contributed by atoms with van der Waals surface area (Å²) in [5.74, 6) is -0.740. The summed E-state index contributed by atoms with van der Waals surface area (Å²) < 4.78 is 0. The lowest BCUT2D eigenvalue weighted by molar-refractivity contribution is -0.137. The number of hydrogen-bond donors (Lipinski definition) is 2. The van der Waals surface area contributed by atoms with Crippen LogP contribution in [-0.2, 0) is 4.79 Å². The molecule has 0 aliphatic carbocycles. The molecule has 0 saturated heterocycles. The first-order chi connectivity index (χ1) is 7.16. The number of carboxylic acid groups (broad SMARTS) is 1. The van der Waals surface area contributed by atoms with E-state index in [-0.39, 0.29) is 12.3 Å². The topological polar surface area (TPSA) is 53.1 Å². The molecule has 78 valence electrons. The number of fused-ring (bicyclic) bond motifs is 1. The van der Waals surface area contributed by atoms with Crippen molar-refractivity contribution in [2.45, 2.75) is 19.3 Å². The zero-order chi connectivity index (χ0) is 10.8. The van der Waals surface area contributed by atoms with E-state index in [2.05, 4.69) is 4.98 Å². The molecule has 3 nitrogen and oxygen atoms in total. The van der Waals surface area contributed by atoms with E-state index >= 15 is 0 Å². The Bertz CT molecular complexity index is 454. The van der Waals surface area contributed by atoms with Crippen molar-refractivity contribution in [3.63, 3.8) is 0 Å². The minimum atomic E-state index is -0.763. The van der Waals surface area contributed by atoms with Gasteiger partial charge < -0.3 is 10.1 Å². The monoisotopic (exact) mass is 203 g/mol. The van der Waals surface area contributed by atoms with Gasteiger partial charge in [-0.05, 0) is 17.5 Å². The number of aromatic nitrogens is 1. The van der Waals surface area contributed by atoms with E-state index in [9.17, 15) is 4.79 Å². The maximum Gasteiger partial charge on any atom is 0.304 e. The van der Waals surface area contributed by atoms with Crippen molar-refractivity contribution < 1.29 is 9.90 Å². The Morgan fingerprint density at radius 1 is 1.47 bits per heavy atom. The summed E-state index contributed by atoms with van der Waals surface area (Å²) in [7, 11) is 0. The smallest absolute Gasteiger partial charge is 0.304 e. The van der Waals surface area contributed by atoms with Crippen molar-refractivity contribution in [2.75, 3.05) is 0 Å². The van der Waals surface area contributed by atoms with Crippen LogP contribution in [0.2, 0.25) is 0 Å². The lowest BCUT2D eigenvalue weighted by Gasteiger charge is -2.04. The lowest BCUT2D eigenvalue weighted by atomic mass is 10.0. The number of benzene rings is 1. The standard InChI is InChI=1S/C12H13NO2/c1-8(6-12(14)15)11-7-9-4-2-3-5-10(9)13-11/h2-5,7-8,13H,6H2,1H3,(H,14,15)/t8-/m0/s1. The SMILES string of the molecule is C[C@@H](CC(=O)O)c1cc2ccccc2[nH]1. The minimum Gasteiger partial charge on any atom is -0.481 e. The molecular formula is C12H13NO2. The van der Waals surface area contributed by atoms with Crippen molar-refractivity contribution in [1.29, 1.82) is 0 Å². The average molecular weight is 203 g/mol. The van der Waals surface area contributed by atoms with Crippen LogP contribution in [0.5, 0.6) is 0 Å². The van der Waals surface area contributed by atoms with Crippen LogP contribution in [-0.4, -0.2) is 16.1 Å². The summed E-state index contributed by atoms with van der Waals surface area (Å²) in [6.45, 7) is 1.92. The van der Waals surface area contributed by atoms with Crippen molar-refractivity contribution in [1.82, 2.24) is 4.98 Å². The number of rotatable bonds is 3. The highest BCUT2D eigenvalue weighted by Gasteiger charge is 2.12. The van der Waals surface area contributed by atoms with Gasteiger partial charge in [-0.2, -0.15) is 0 Å². The zero-order valence-corrected chi connectivity index (χ0v) is 8.53. The van der Waals surface area contributed by atoms with Crippen LogP contribution < -0.4 is 0 Å². The van der Waals surface area contributed by atoms with Crippen LogP contribution in [0.25, 0.3) is 10.9 Å². The fourth-order valence-corrected chi connectivity index (χ4v) is 1.73. The first kappa shape index (κ1) is 9.77. The number of nitrogens with one attached hydrogen (secondary N) is 1. The van der Waals surface area contributed by atoms with E-state index < -0.39 is 5.97 Å². The van der Waals surface area contributed by atoms with Crippen molar-refractivity contribution >= 4 is 16.9 Å². The maximum absolute atomic E-state index is 10.6. The van der Waals surface area contributed by atoms with E-state index in [0.29, 0.717) is 0 Å². The van der Waals surface area contributed by atoms with Crippen LogP contribution >= 0.6 is 0 Å². The van der Waals surface area contributed by atoms with E-state index in [0.717, 1.165) is 16.6 Å². The molecular weight excluding hydrogens is 190 g/mol. The Labute approximate surface area is 87.7 Å². The molecule has 0 unspecified atom stereocenters. The Hall–Kier alpha value is -1.77. The van der Waals surface area contributed by atoms with Crippen LogP contribution in [0, 0.1) is 0 Å². The number of carboxylic acids is 1. The summed E-state index contributed by atoms with van der Waals surface area (Å²) in [5, 5.41) is 9.84. The number of H-pyrrole nitrogens is 1. The van der Waals surface area contributed by atoms with Gasteiger partial charge in [0.15, 0.2) is 0 Å². The molecule has 1 aromatic carbocycles. The Balaban J connectivity index is 2.32. The third kappa shape index (κ3) is 2.01. The van der Waals surface area contributed by atoms with Crippen molar-refractivity contribution in [3.8, 4) is 0 Å². The maximum atomic E-state index is 10.6. The Kier molecular flexibility index (Phi) is 2.46. The van der Waals surface area contributed by atoms with Gasteiger partial charge in [-0.3, -0.25) is 4.79 Å². The van der Waals surface area contributed by atoms with E-state index in [1.165, 1.54) is 0 Å². The Morgan fingerprint density at radius 3 is 2.87 bits per heavy atom. The molecule has 0 bridgehead atoms. The van der Waals surface area contributed by atoms with Crippen LogP contribution in [0.1, 0.15) is 25.0 Å². The van der Waals surface area contributed by atoms with E-state index in [1.807, 2.05) is 37.3 Å². The van der Waals surface area contributed by atoms with Crippen molar-refractivity contribution in [2.24, 2.45) is 0 Å². The second-order valence-corrected chi connectivity index (χ2v) is 3.81. The highest BCUT2D eigenvalue weighted by molar-refractivity contribution is 5.80. The molecule has 0 amide bonds. The molecule has 0 aliphatic heterocycles. The van der Waals surface area contributed by atoms with Gasteiger partial charge in [-0.1, -0.05) is 25.1 Å². The molecule has 0 saturated carbocycles. The highest BCUT2D eigenvalue weighted by atomic mass is 16.4. The first-order valence-corrected chi connectivity index (χ1v) is 4.96. The molecule has 2 rings (SSSR count). The van der Waals surface area contributed by atoms with Gasteiger partial charge in [0.2, 0.25) is 0 Å². The fourth-order valence-electron chi connectivity index (χ4n) is 1.73. The normalized spacial score (nSPS) is 12.9. The van der Waals surface area contributed by atoms with Gasteiger partial charge in [0.25, 0.3) is 0 Å². The van der Waals surface area contributed by atoms with Gasteiger partial charge in [-0.25, -0.2) is 0 Å². The molecule has 3 heteroatoms. The van der Waals surface area contributed by atoms with Crippen LogP contribution in [0.4, 0.5) is 0 Å². The molecule has 0 fully saturated rings. The van der Waals surface area contributed by atoms with Gasteiger partial charge >= 0.3 is 5.97 Å². The average Bonchev–Trinajstić information content (AvgIpc) is 2.59. The summed E-state index contributed by atoms with van der Waals surface area (Å²) in [4.78, 5) is 13.8. The molecule has 15 heavy (non-hydrogen) atoms. The van der Waals surface area contributed by atoms with Crippen LogP contribution in [0.15, 0.2) is 30.3 Å². The third-order valence-corrected chi connectivity index (χ3v) is 2.56. The fraction of sp³-hybridized carbons (Fsp3) is 0.250. The first-order valence-electron chi connectivity index (χ1n) is 4.96. The van der Waals surface area contributed by atoms with Crippen LogP contribution in [0.3, 0.4) is 0 Å². The zero-order valence-electron chi connectivity index (χ0n) is 8.53. The molecule has 1 atom stereocenters. The van der Waals surface area contributed by atoms with Gasteiger partial charge in [-0.15, -0.1) is 0 Å². The third-order valence-electron chi connectivity index (χ3n) is 2.56. The summed E-state index contributed by atoms with van der Waals surface area (Å²) in [6, 6.07) is 9.96. The summed E-state index contributed by atoms with van der Waals surface area (Å²) in [5.41, 5.74) is 2.04. The molecule has 0 spiro atoms. The van der Waals surface area contributed by atoms with Gasteiger partial charge in [0.05, 0.1) is 6.42 Å². The molecule has 0 radical (unpaired) electrons. The molecule has 2 aromatic rings. The van der Waals surface area contributed by atoms with Crippen molar-refractivity contribution in [3.05, 3.63) is 36.0 Å². The lowest BCUT2D eigenvalue weighted by Crippen LogP contribution is -2.02. The van der Waals surface area contributed by atoms with Gasteiger partial charge in [0.1, 0.15) is 0 Å². The summed E-state index contributed by atoms with van der Waals surface area (Å²) >= 11 is 0. The second-order valence-electron chi connectivity index (χ2n) is 3.81. The molecule has 1 heterocycles. The molecule has 1 aromatic heterocycles. The number of para-hydroxylation sites is 1. The largest absolute Gasteiger partial charge is 0.481 e. The van der Waals surface area contributed by atoms with E-state index in [4.69, 9.17) is 5.11 Å². The number of carbonyl (C=O) groups is 1. The van der Waals surface area contributed by atoms with E-state index in [1.54, 1.807) is 0 Å². The molecule has 0 aliphatic rings. The molecule has 2 N–H and O–H groups in total. The van der Waals surface area contributed by atoms with Gasteiger partial charge in [0, 0.05) is 17.1 Å². The quantitative estimate of drug-likeness (QED) is 0.805. The number of aromatic amines is 1.